The minimum Gasteiger partial charge on any atom is -0.354 e. The molecule has 0 aliphatic rings. The summed E-state index contributed by atoms with van der Waals surface area (Å²) in [5.74, 6) is 0.579. The molecule has 0 saturated carbocycles. The fourth-order valence-corrected chi connectivity index (χ4v) is 3.50. The number of aryl methyl sites for hydroxylation is 1. The predicted molar refractivity (Wildman–Crippen MR) is 109 cm³/mol. The molecule has 1 aromatic carbocycles. The van der Waals surface area contributed by atoms with Crippen molar-refractivity contribution in [3.05, 3.63) is 58.1 Å². The zero-order chi connectivity index (χ0) is 19.3. The monoisotopic (exact) mass is 423 g/mol. The van der Waals surface area contributed by atoms with Crippen molar-refractivity contribution in [2.75, 3.05) is 34.7 Å². The number of hydrogen-bond donors (Lipinski definition) is 1. The van der Waals surface area contributed by atoms with Gasteiger partial charge in [0, 0.05) is 44.1 Å². The van der Waals surface area contributed by atoms with Gasteiger partial charge in [0.2, 0.25) is 0 Å². The van der Waals surface area contributed by atoms with Crippen LogP contribution in [0.1, 0.15) is 17.3 Å². The fourth-order valence-electron chi connectivity index (χ4n) is 2.93. The lowest BCUT2D eigenvalue weighted by molar-refractivity contribution is 0.294. The summed E-state index contributed by atoms with van der Waals surface area (Å²) in [4.78, 5) is 8.52. The maximum absolute atomic E-state index is 13.6. The van der Waals surface area contributed by atoms with Crippen molar-refractivity contribution in [1.29, 1.82) is 0 Å². The standard InChI is InChI=1S/C19H27BrFN5/c1-22-19(26(5)13-17-10-15(20)12-25(17)4)23-11-18(24(2)3)14-7-6-8-16(21)9-14/h6-10,12,18H,11,13H2,1-5H3,(H,22,23). The van der Waals surface area contributed by atoms with Crippen molar-refractivity contribution in [2.24, 2.45) is 12.0 Å². The number of aromatic nitrogens is 1. The highest BCUT2D eigenvalue weighted by Crippen LogP contribution is 2.19. The summed E-state index contributed by atoms with van der Waals surface area (Å²) in [7, 11) is 9.78. The number of halogens is 2. The zero-order valence-electron chi connectivity index (χ0n) is 16.0. The van der Waals surface area contributed by atoms with E-state index in [-0.39, 0.29) is 11.9 Å². The quantitative estimate of drug-likeness (QED) is 0.572. The average Bonchev–Trinajstić information content (AvgIpc) is 2.88. The molecule has 0 saturated heterocycles. The summed E-state index contributed by atoms with van der Waals surface area (Å²) in [6, 6.07) is 8.88. The molecular weight excluding hydrogens is 397 g/mol. The van der Waals surface area contributed by atoms with Crippen molar-refractivity contribution in [3.63, 3.8) is 0 Å². The van der Waals surface area contributed by atoms with E-state index in [0.29, 0.717) is 6.54 Å². The Hall–Kier alpha value is -1.86. The van der Waals surface area contributed by atoms with E-state index in [1.54, 1.807) is 19.2 Å². The molecule has 1 heterocycles. The maximum atomic E-state index is 13.6. The molecule has 26 heavy (non-hydrogen) atoms. The first kappa shape index (κ1) is 20.5. The Balaban J connectivity index is 2.05. The number of nitrogens with one attached hydrogen (secondary N) is 1. The van der Waals surface area contributed by atoms with Crippen molar-refractivity contribution in [1.82, 2.24) is 19.7 Å². The normalized spacial score (nSPS) is 13.2. The zero-order valence-corrected chi connectivity index (χ0v) is 17.6. The molecule has 0 fully saturated rings. The third-order valence-electron chi connectivity index (χ3n) is 4.36. The minimum absolute atomic E-state index is 0.0417. The van der Waals surface area contributed by atoms with Gasteiger partial charge in [-0.2, -0.15) is 0 Å². The molecular formula is C19H27BrFN5. The van der Waals surface area contributed by atoms with Crippen LogP contribution in [0, 0.1) is 5.82 Å². The van der Waals surface area contributed by atoms with E-state index in [2.05, 4.69) is 46.7 Å². The van der Waals surface area contributed by atoms with E-state index >= 15 is 0 Å². The second kappa shape index (κ2) is 9.19. The van der Waals surface area contributed by atoms with Gasteiger partial charge in [0.05, 0.1) is 12.6 Å². The van der Waals surface area contributed by atoms with Crippen LogP contribution in [0.5, 0.6) is 0 Å². The van der Waals surface area contributed by atoms with E-state index in [9.17, 15) is 4.39 Å². The predicted octanol–water partition coefficient (Wildman–Crippen LogP) is 3.24. The fraction of sp³-hybridized carbons (Fsp3) is 0.421. The summed E-state index contributed by atoms with van der Waals surface area (Å²) in [6.07, 6.45) is 2.03. The molecule has 1 atom stereocenters. The molecule has 0 aliphatic heterocycles. The van der Waals surface area contributed by atoms with Crippen LogP contribution in [-0.4, -0.2) is 55.1 Å². The lowest BCUT2D eigenvalue weighted by Gasteiger charge is -2.28. The number of benzene rings is 1. The third kappa shape index (κ3) is 5.32. The molecule has 1 unspecified atom stereocenters. The van der Waals surface area contributed by atoms with E-state index < -0.39 is 0 Å². The smallest absolute Gasteiger partial charge is 0.193 e. The molecule has 0 radical (unpaired) electrons. The Morgan fingerprint density at radius 1 is 1.31 bits per heavy atom. The molecule has 0 aliphatic carbocycles. The van der Waals surface area contributed by atoms with Crippen LogP contribution in [0.15, 0.2) is 46.0 Å². The van der Waals surface area contributed by atoms with Crippen LogP contribution in [-0.2, 0) is 13.6 Å². The van der Waals surface area contributed by atoms with Gasteiger partial charge in [-0.05, 0) is 53.8 Å². The molecule has 0 spiro atoms. The lowest BCUT2D eigenvalue weighted by atomic mass is 10.1. The van der Waals surface area contributed by atoms with E-state index in [4.69, 9.17) is 0 Å². The highest BCUT2D eigenvalue weighted by Gasteiger charge is 2.17. The highest BCUT2D eigenvalue weighted by molar-refractivity contribution is 9.10. The number of guanidine groups is 1. The highest BCUT2D eigenvalue weighted by atomic mass is 79.9. The largest absolute Gasteiger partial charge is 0.354 e. The molecule has 1 aromatic heterocycles. The Labute approximate surface area is 163 Å². The second-order valence-corrected chi connectivity index (χ2v) is 7.49. The molecule has 1 N–H and O–H groups in total. The molecule has 7 heteroatoms. The van der Waals surface area contributed by atoms with Crippen LogP contribution in [0.2, 0.25) is 0 Å². The molecule has 142 valence electrons. The number of nitrogens with zero attached hydrogens (tertiary/aromatic N) is 4. The first-order valence-corrected chi connectivity index (χ1v) is 9.25. The first-order chi connectivity index (χ1) is 12.3. The van der Waals surface area contributed by atoms with Crippen molar-refractivity contribution < 1.29 is 4.39 Å². The Morgan fingerprint density at radius 2 is 2.04 bits per heavy atom. The van der Waals surface area contributed by atoms with Crippen LogP contribution < -0.4 is 5.32 Å². The Bertz CT molecular complexity index is 756. The summed E-state index contributed by atoms with van der Waals surface area (Å²) >= 11 is 3.50. The molecule has 0 bridgehead atoms. The van der Waals surface area contributed by atoms with Gasteiger partial charge in [0.1, 0.15) is 5.82 Å². The van der Waals surface area contributed by atoms with E-state index in [0.717, 1.165) is 22.5 Å². The third-order valence-corrected chi connectivity index (χ3v) is 4.79. The summed E-state index contributed by atoms with van der Waals surface area (Å²) in [5.41, 5.74) is 2.11. The van der Waals surface area contributed by atoms with Gasteiger partial charge < -0.3 is 19.7 Å². The van der Waals surface area contributed by atoms with Crippen LogP contribution in [0.3, 0.4) is 0 Å². The minimum atomic E-state index is -0.217. The SMILES string of the molecule is CN=C(NCC(c1cccc(F)c1)N(C)C)N(C)Cc1cc(Br)cn1C. The van der Waals surface area contributed by atoms with Crippen LogP contribution in [0.25, 0.3) is 0 Å². The van der Waals surface area contributed by atoms with Crippen molar-refractivity contribution in [2.45, 2.75) is 12.6 Å². The van der Waals surface area contributed by atoms with Gasteiger partial charge in [-0.1, -0.05) is 12.1 Å². The van der Waals surface area contributed by atoms with Crippen LogP contribution in [0.4, 0.5) is 4.39 Å². The van der Waals surface area contributed by atoms with Gasteiger partial charge >= 0.3 is 0 Å². The van der Waals surface area contributed by atoms with Gasteiger partial charge in [0.15, 0.2) is 5.96 Å². The average molecular weight is 424 g/mol. The Morgan fingerprint density at radius 3 is 2.58 bits per heavy atom. The van der Waals surface area contributed by atoms with Gasteiger partial charge in [-0.3, -0.25) is 4.99 Å². The maximum Gasteiger partial charge on any atom is 0.193 e. The molecule has 5 nitrogen and oxygen atoms in total. The number of aliphatic imine (C=N–C) groups is 1. The van der Waals surface area contributed by atoms with E-state index in [1.807, 2.05) is 40.5 Å². The number of rotatable bonds is 6. The summed E-state index contributed by atoms with van der Waals surface area (Å²) in [6.45, 7) is 1.36. The molecule has 2 rings (SSSR count). The first-order valence-electron chi connectivity index (χ1n) is 8.46. The second-order valence-electron chi connectivity index (χ2n) is 6.58. The molecule has 0 amide bonds. The van der Waals surface area contributed by atoms with Gasteiger partial charge in [0.25, 0.3) is 0 Å². The van der Waals surface area contributed by atoms with Crippen molar-refractivity contribution in [3.8, 4) is 0 Å². The number of hydrogen-bond acceptors (Lipinski definition) is 2. The molecule has 2 aromatic rings. The Kier molecular flexibility index (Phi) is 7.23. The summed E-state index contributed by atoms with van der Waals surface area (Å²) < 4.78 is 16.7. The summed E-state index contributed by atoms with van der Waals surface area (Å²) in [5, 5.41) is 3.41. The van der Waals surface area contributed by atoms with Crippen molar-refractivity contribution >= 4 is 21.9 Å². The lowest BCUT2D eigenvalue weighted by Crippen LogP contribution is -2.42. The topological polar surface area (TPSA) is 35.8 Å². The van der Waals surface area contributed by atoms with Crippen LogP contribution >= 0.6 is 15.9 Å². The van der Waals surface area contributed by atoms with Gasteiger partial charge in [-0.25, -0.2) is 4.39 Å². The van der Waals surface area contributed by atoms with E-state index in [1.165, 1.54) is 11.8 Å². The van der Waals surface area contributed by atoms with Gasteiger partial charge in [-0.15, -0.1) is 0 Å². The number of likely N-dealkylation sites (N-methyl/N-ethyl adjacent to an activating group) is 1.